The Morgan fingerprint density at radius 1 is 1.25 bits per heavy atom. The van der Waals surface area contributed by atoms with Gasteiger partial charge in [-0.1, -0.05) is 36.4 Å². The van der Waals surface area contributed by atoms with E-state index in [-0.39, 0.29) is 13.0 Å². The maximum atomic E-state index is 9.50. The largest absolute Gasteiger partial charge is 0.391 e. The van der Waals surface area contributed by atoms with E-state index in [2.05, 4.69) is 6.58 Å². The Morgan fingerprint density at radius 2 is 1.94 bits per heavy atom. The van der Waals surface area contributed by atoms with Crippen molar-refractivity contribution in [3.05, 3.63) is 48.6 Å². The third-order valence-electron chi connectivity index (χ3n) is 2.21. The van der Waals surface area contributed by atoms with Crippen LogP contribution in [-0.4, -0.2) is 29.0 Å². The van der Waals surface area contributed by atoms with E-state index < -0.39 is 12.2 Å². The zero-order valence-electron chi connectivity index (χ0n) is 9.25. The van der Waals surface area contributed by atoms with Gasteiger partial charge in [0.1, 0.15) is 0 Å². The molecule has 0 spiro atoms. The Balaban J connectivity index is 2.18. The molecule has 1 rings (SSSR count). The predicted octanol–water partition coefficient (Wildman–Crippen LogP) is 1.50. The number of aliphatic hydroxyl groups excluding tert-OH is 2. The molecule has 16 heavy (non-hydrogen) atoms. The zero-order chi connectivity index (χ0) is 11.8. The molecule has 0 aliphatic rings. The summed E-state index contributed by atoms with van der Waals surface area (Å²) in [6, 6.07) is 9.75. The van der Waals surface area contributed by atoms with Gasteiger partial charge in [-0.15, -0.1) is 6.58 Å². The van der Waals surface area contributed by atoms with Gasteiger partial charge in [0.25, 0.3) is 0 Å². The first-order valence-corrected chi connectivity index (χ1v) is 5.32. The van der Waals surface area contributed by atoms with Crippen LogP contribution >= 0.6 is 0 Å². The van der Waals surface area contributed by atoms with Crippen molar-refractivity contribution in [3.63, 3.8) is 0 Å². The molecule has 0 aromatic heterocycles. The molecule has 88 valence electrons. The highest BCUT2D eigenvalue weighted by Crippen LogP contribution is 2.04. The first-order chi connectivity index (χ1) is 7.72. The van der Waals surface area contributed by atoms with Crippen molar-refractivity contribution >= 4 is 0 Å². The number of rotatable bonds is 7. The molecule has 0 bridgehead atoms. The van der Waals surface area contributed by atoms with E-state index >= 15 is 0 Å². The normalized spacial score (nSPS) is 14.4. The monoisotopic (exact) mass is 222 g/mol. The van der Waals surface area contributed by atoms with Crippen LogP contribution in [0.4, 0.5) is 0 Å². The van der Waals surface area contributed by atoms with Gasteiger partial charge in [-0.2, -0.15) is 0 Å². The van der Waals surface area contributed by atoms with E-state index in [1.807, 2.05) is 30.3 Å². The van der Waals surface area contributed by atoms with Crippen molar-refractivity contribution in [3.8, 4) is 0 Å². The van der Waals surface area contributed by atoms with Crippen molar-refractivity contribution in [1.82, 2.24) is 0 Å². The summed E-state index contributed by atoms with van der Waals surface area (Å²) in [5, 5.41) is 18.7. The van der Waals surface area contributed by atoms with Crippen LogP contribution in [0.15, 0.2) is 43.0 Å². The summed E-state index contributed by atoms with van der Waals surface area (Å²) in [5.74, 6) is 0. The minimum atomic E-state index is -0.671. The summed E-state index contributed by atoms with van der Waals surface area (Å²) in [7, 11) is 0. The maximum absolute atomic E-state index is 9.50. The molecule has 0 heterocycles. The number of benzene rings is 1. The van der Waals surface area contributed by atoms with Gasteiger partial charge in [-0.3, -0.25) is 0 Å². The predicted molar refractivity (Wildman–Crippen MR) is 62.9 cm³/mol. The molecule has 0 radical (unpaired) electrons. The second kappa shape index (κ2) is 7.17. The fourth-order valence-corrected chi connectivity index (χ4v) is 1.33. The molecule has 2 N–H and O–H groups in total. The van der Waals surface area contributed by atoms with Gasteiger partial charge in [0.2, 0.25) is 0 Å². The molecule has 2 atom stereocenters. The van der Waals surface area contributed by atoms with Crippen molar-refractivity contribution in [2.24, 2.45) is 0 Å². The first-order valence-electron chi connectivity index (χ1n) is 5.32. The van der Waals surface area contributed by atoms with Crippen LogP contribution in [0.25, 0.3) is 0 Å². The maximum Gasteiger partial charge on any atom is 0.0801 e. The molecule has 1 aromatic rings. The fraction of sp³-hybridized carbons (Fsp3) is 0.385. The Morgan fingerprint density at radius 3 is 2.56 bits per heavy atom. The number of hydrogen-bond donors (Lipinski definition) is 2. The lowest BCUT2D eigenvalue weighted by atomic mass is 10.1. The summed E-state index contributed by atoms with van der Waals surface area (Å²) in [6.45, 7) is 4.14. The molecule has 0 fully saturated rings. The highest BCUT2D eigenvalue weighted by Gasteiger charge is 2.08. The molecule has 0 amide bonds. The van der Waals surface area contributed by atoms with E-state index in [1.54, 1.807) is 0 Å². The second-order valence-electron chi connectivity index (χ2n) is 3.69. The van der Waals surface area contributed by atoms with Crippen LogP contribution in [0, 0.1) is 0 Å². The summed E-state index contributed by atoms with van der Waals surface area (Å²) in [5.41, 5.74) is 1.07. The molecule has 3 heteroatoms. The average molecular weight is 222 g/mol. The molecule has 0 saturated heterocycles. The molecule has 0 saturated carbocycles. The van der Waals surface area contributed by atoms with Crippen LogP contribution in [0.5, 0.6) is 0 Å². The number of aliphatic hydroxyl groups is 2. The molecule has 1 aromatic carbocycles. The summed E-state index contributed by atoms with van der Waals surface area (Å²) in [6.07, 6.45) is 0.339. The Labute approximate surface area is 96.0 Å². The summed E-state index contributed by atoms with van der Waals surface area (Å²) in [4.78, 5) is 0. The minimum absolute atomic E-state index is 0.222. The van der Waals surface area contributed by atoms with Crippen LogP contribution in [-0.2, 0) is 11.3 Å². The minimum Gasteiger partial charge on any atom is -0.391 e. The standard InChI is InChI=1S/C13H18O3/c1-2-12(14)8-13(15)10-16-9-11-6-4-3-5-7-11/h2-7,12-15H,1,8-10H2/t12-,13+/m1/s1. The van der Waals surface area contributed by atoms with Crippen LogP contribution in [0.2, 0.25) is 0 Å². The van der Waals surface area contributed by atoms with Gasteiger partial charge in [0.05, 0.1) is 25.4 Å². The Bertz CT molecular complexity index is 297. The lowest BCUT2D eigenvalue weighted by molar-refractivity contribution is 0.00844. The van der Waals surface area contributed by atoms with Crippen molar-refractivity contribution < 1.29 is 14.9 Å². The highest BCUT2D eigenvalue weighted by atomic mass is 16.5. The Kier molecular flexibility index (Phi) is 5.78. The SMILES string of the molecule is C=C[C@@H](O)C[C@H](O)COCc1ccccc1. The quantitative estimate of drug-likeness (QED) is 0.687. The summed E-state index contributed by atoms with van der Waals surface area (Å²) < 4.78 is 5.33. The van der Waals surface area contributed by atoms with E-state index in [4.69, 9.17) is 4.74 Å². The smallest absolute Gasteiger partial charge is 0.0801 e. The number of ether oxygens (including phenoxy) is 1. The van der Waals surface area contributed by atoms with Gasteiger partial charge >= 0.3 is 0 Å². The van der Waals surface area contributed by atoms with Gasteiger partial charge in [0, 0.05) is 6.42 Å². The molecular formula is C13H18O3. The topological polar surface area (TPSA) is 49.7 Å². The zero-order valence-corrected chi connectivity index (χ0v) is 9.25. The second-order valence-corrected chi connectivity index (χ2v) is 3.69. The molecule has 0 unspecified atom stereocenters. The summed E-state index contributed by atoms with van der Waals surface area (Å²) >= 11 is 0. The first kappa shape index (κ1) is 12.9. The molecule has 3 nitrogen and oxygen atoms in total. The van der Waals surface area contributed by atoms with E-state index in [1.165, 1.54) is 6.08 Å². The lowest BCUT2D eigenvalue weighted by Crippen LogP contribution is -2.21. The van der Waals surface area contributed by atoms with E-state index in [0.29, 0.717) is 6.61 Å². The van der Waals surface area contributed by atoms with Crippen molar-refractivity contribution in [2.75, 3.05) is 6.61 Å². The van der Waals surface area contributed by atoms with Gasteiger partial charge in [-0.25, -0.2) is 0 Å². The van der Waals surface area contributed by atoms with Crippen LogP contribution in [0.3, 0.4) is 0 Å². The van der Waals surface area contributed by atoms with Gasteiger partial charge in [-0.05, 0) is 5.56 Å². The molecule has 0 aliphatic heterocycles. The lowest BCUT2D eigenvalue weighted by Gasteiger charge is -2.13. The van der Waals surface area contributed by atoms with Crippen molar-refractivity contribution in [2.45, 2.75) is 25.2 Å². The third-order valence-corrected chi connectivity index (χ3v) is 2.21. The van der Waals surface area contributed by atoms with Gasteiger partial charge in [0.15, 0.2) is 0 Å². The molecule has 0 aliphatic carbocycles. The van der Waals surface area contributed by atoms with Crippen LogP contribution < -0.4 is 0 Å². The third kappa shape index (κ3) is 5.07. The molecular weight excluding hydrogens is 204 g/mol. The van der Waals surface area contributed by atoms with Crippen LogP contribution in [0.1, 0.15) is 12.0 Å². The van der Waals surface area contributed by atoms with E-state index in [9.17, 15) is 10.2 Å². The van der Waals surface area contributed by atoms with Gasteiger partial charge < -0.3 is 14.9 Å². The number of hydrogen-bond acceptors (Lipinski definition) is 3. The average Bonchev–Trinajstić information content (AvgIpc) is 2.30. The Hall–Kier alpha value is -1.16. The van der Waals surface area contributed by atoms with Crippen molar-refractivity contribution in [1.29, 1.82) is 0 Å². The fourth-order valence-electron chi connectivity index (χ4n) is 1.33. The van der Waals surface area contributed by atoms with E-state index in [0.717, 1.165) is 5.56 Å². The highest BCUT2D eigenvalue weighted by molar-refractivity contribution is 5.13.